The van der Waals surface area contributed by atoms with E-state index in [2.05, 4.69) is 4.98 Å². The van der Waals surface area contributed by atoms with Gasteiger partial charge in [-0.25, -0.2) is 4.98 Å². The molecule has 20 heavy (non-hydrogen) atoms. The molecule has 0 bridgehead atoms. The monoisotopic (exact) mass is 292 g/mol. The summed E-state index contributed by atoms with van der Waals surface area (Å²) in [6, 6.07) is 7.38. The minimum atomic E-state index is -0.641. The van der Waals surface area contributed by atoms with E-state index in [1.54, 1.807) is 20.9 Å². The maximum atomic E-state index is 12.6. The third-order valence-corrected chi connectivity index (χ3v) is 3.88. The summed E-state index contributed by atoms with van der Waals surface area (Å²) < 4.78 is 0. The largest absolute Gasteiger partial charge is 0.394 e. The first-order chi connectivity index (χ1) is 9.38. The molecule has 2 rings (SSSR count). The van der Waals surface area contributed by atoms with Crippen molar-refractivity contribution in [3.63, 3.8) is 0 Å². The van der Waals surface area contributed by atoms with Gasteiger partial charge in [-0.3, -0.25) is 4.79 Å². The summed E-state index contributed by atoms with van der Waals surface area (Å²) >= 11 is 6.05. The molecule has 0 unspecified atom stereocenters. The fourth-order valence-corrected chi connectivity index (χ4v) is 2.10. The number of aliphatic hydroxyl groups excluding tert-OH is 1. The highest BCUT2D eigenvalue weighted by atomic mass is 35.5. The van der Waals surface area contributed by atoms with E-state index in [1.165, 1.54) is 11.1 Å². The Kier molecular flexibility index (Phi) is 3.97. The second-order valence-corrected chi connectivity index (χ2v) is 5.70. The number of nitrogens with zero attached hydrogens (tertiary/aromatic N) is 2. The maximum Gasteiger partial charge on any atom is 0.256 e. The van der Waals surface area contributed by atoms with Crippen LogP contribution in [0, 0.1) is 0 Å². The van der Waals surface area contributed by atoms with Crippen LogP contribution in [0.5, 0.6) is 0 Å². The van der Waals surface area contributed by atoms with Crippen molar-refractivity contribution in [2.75, 3.05) is 13.7 Å². The minimum Gasteiger partial charge on any atom is -0.394 e. The lowest BCUT2D eigenvalue weighted by atomic mass is 10.0. The number of rotatable bonds is 3. The Bertz CT molecular complexity index is 655. The van der Waals surface area contributed by atoms with E-state index in [0.717, 1.165) is 10.8 Å². The van der Waals surface area contributed by atoms with E-state index in [9.17, 15) is 9.90 Å². The third kappa shape index (κ3) is 2.49. The number of pyridine rings is 1. The number of aliphatic hydroxyl groups is 1. The first-order valence-corrected chi connectivity index (χ1v) is 6.68. The molecule has 1 aromatic heterocycles. The van der Waals surface area contributed by atoms with Crippen LogP contribution in [0.3, 0.4) is 0 Å². The van der Waals surface area contributed by atoms with Gasteiger partial charge in [0.2, 0.25) is 0 Å². The normalized spacial score (nSPS) is 11.7. The molecule has 4 nitrogen and oxygen atoms in total. The van der Waals surface area contributed by atoms with Crippen molar-refractivity contribution in [1.29, 1.82) is 0 Å². The van der Waals surface area contributed by atoms with Gasteiger partial charge in [0, 0.05) is 18.6 Å². The second-order valence-electron chi connectivity index (χ2n) is 5.34. The van der Waals surface area contributed by atoms with Gasteiger partial charge in [-0.2, -0.15) is 0 Å². The van der Waals surface area contributed by atoms with Gasteiger partial charge in [0.15, 0.2) is 0 Å². The average molecular weight is 293 g/mol. The van der Waals surface area contributed by atoms with Crippen molar-refractivity contribution in [1.82, 2.24) is 9.88 Å². The van der Waals surface area contributed by atoms with E-state index in [1.807, 2.05) is 24.3 Å². The number of aromatic nitrogens is 1. The molecule has 0 fully saturated rings. The molecule has 1 N–H and O–H groups in total. The van der Waals surface area contributed by atoms with Gasteiger partial charge in [0.05, 0.1) is 17.7 Å². The summed E-state index contributed by atoms with van der Waals surface area (Å²) in [5.74, 6) is -0.190. The van der Waals surface area contributed by atoms with Crippen LogP contribution in [-0.2, 0) is 0 Å². The van der Waals surface area contributed by atoms with Crippen molar-refractivity contribution in [3.8, 4) is 0 Å². The zero-order valence-corrected chi connectivity index (χ0v) is 12.5. The number of hydrogen-bond donors (Lipinski definition) is 1. The summed E-state index contributed by atoms with van der Waals surface area (Å²) in [5.41, 5.74) is -0.160. The first kappa shape index (κ1) is 14.8. The van der Waals surface area contributed by atoms with Crippen LogP contribution in [0.15, 0.2) is 30.5 Å². The summed E-state index contributed by atoms with van der Waals surface area (Å²) in [5, 5.41) is 11.3. The predicted molar refractivity (Wildman–Crippen MR) is 80.0 cm³/mol. The summed E-state index contributed by atoms with van der Waals surface area (Å²) in [7, 11) is 1.67. The topological polar surface area (TPSA) is 53.4 Å². The standard InChI is InChI=1S/C15H17ClN2O2/c1-15(2,9-19)18(3)14(20)12-8-17-13(16)11-7-5-4-6-10(11)12/h4-8,19H,9H2,1-3H3. The van der Waals surface area contributed by atoms with E-state index < -0.39 is 5.54 Å². The zero-order valence-electron chi connectivity index (χ0n) is 11.7. The molecule has 0 atom stereocenters. The molecule has 0 aliphatic heterocycles. The fraction of sp³-hybridized carbons (Fsp3) is 0.333. The molecule has 106 valence electrons. The number of fused-ring (bicyclic) bond motifs is 1. The lowest BCUT2D eigenvalue weighted by Crippen LogP contribution is -2.47. The molecule has 5 heteroatoms. The molecule has 0 saturated heterocycles. The molecule has 1 heterocycles. The van der Waals surface area contributed by atoms with Crippen molar-refractivity contribution in [2.24, 2.45) is 0 Å². The average Bonchev–Trinajstić information content (AvgIpc) is 2.46. The van der Waals surface area contributed by atoms with Crippen molar-refractivity contribution in [3.05, 3.63) is 41.2 Å². The molecule has 0 aliphatic carbocycles. The summed E-state index contributed by atoms with van der Waals surface area (Å²) in [4.78, 5) is 18.2. The van der Waals surface area contributed by atoms with Crippen LogP contribution in [0.4, 0.5) is 0 Å². The van der Waals surface area contributed by atoms with E-state index in [0.29, 0.717) is 10.7 Å². The molecule has 0 radical (unpaired) electrons. The minimum absolute atomic E-state index is 0.117. The number of amides is 1. The maximum absolute atomic E-state index is 12.6. The number of carbonyl (C=O) groups excluding carboxylic acids is 1. The van der Waals surface area contributed by atoms with Crippen LogP contribution in [0.25, 0.3) is 10.8 Å². The van der Waals surface area contributed by atoms with Gasteiger partial charge < -0.3 is 10.0 Å². The van der Waals surface area contributed by atoms with Gasteiger partial charge in [-0.15, -0.1) is 0 Å². The Morgan fingerprint density at radius 2 is 1.95 bits per heavy atom. The lowest BCUT2D eigenvalue weighted by molar-refractivity contribution is 0.0474. The molecular weight excluding hydrogens is 276 g/mol. The Balaban J connectivity index is 2.54. The van der Waals surface area contributed by atoms with Crippen LogP contribution >= 0.6 is 11.6 Å². The number of halogens is 1. The Hall–Kier alpha value is -1.65. The molecule has 1 aromatic carbocycles. The van der Waals surface area contributed by atoms with Crippen molar-refractivity contribution >= 4 is 28.3 Å². The SMILES string of the molecule is CN(C(=O)c1cnc(Cl)c2ccccc12)C(C)(C)CO. The fourth-order valence-electron chi connectivity index (χ4n) is 1.89. The predicted octanol–water partition coefficient (Wildman–Crippen LogP) is 2.73. The zero-order chi connectivity index (χ0) is 14.9. The molecule has 0 aliphatic rings. The second kappa shape index (κ2) is 5.38. The first-order valence-electron chi connectivity index (χ1n) is 6.31. The van der Waals surface area contributed by atoms with Gasteiger partial charge >= 0.3 is 0 Å². The highest BCUT2D eigenvalue weighted by molar-refractivity contribution is 6.34. The van der Waals surface area contributed by atoms with Crippen molar-refractivity contribution in [2.45, 2.75) is 19.4 Å². The number of hydrogen-bond acceptors (Lipinski definition) is 3. The number of benzene rings is 1. The van der Waals surface area contributed by atoms with Crippen LogP contribution in [0.2, 0.25) is 5.15 Å². The lowest BCUT2D eigenvalue weighted by Gasteiger charge is -2.34. The van der Waals surface area contributed by atoms with Gasteiger partial charge in [0.25, 0.3) is 5.91 Å². The number of likely N-dealkylation sites (N-methyl/N-ethyl adjacent to an activating group) is 1. The van der Waals surface area contributed by atoms with Gasteiger partial charge in [-0.05, 0) is 19.2 Å². The summed E-state index contributed by atoms with van der Waals surface area (Å²) in [6.07, 6.45) is 1.48. The van der Waals surface area contributed by atoms with Crippen LogP contribution in [0.1, 0.15) is 24.2 Å². The Morgan fingerprint density at radius 3 is 2.55 bits per heavy atom. The molecule has 1 amide bonds. The molecule has 0 saturated carbocycles. The van der Waals surface area contributed by atoms with Gasteiger partial charge in [-0.1, -0.05) is 35.9 Å². The molecule has 0 spiro atoms. The molecule has 2 aromatic rings. The van der Waals surface area contributed by atoms with Crippen LogP contribution in [-0.4, -0.2) is 40.1 Å². The van der Waals surface area contributed by atoms with Crippen LogP contribution < -0.4 is 0 Å². The van der Waals surface area contributed by atoms with E-state index >= 15 is 0 Å². The Labute approximate surface area is 123 Å². The highest BCUT2D eigenvalue weighted by Crippen LogP contribution is 2.26. The smallest absolute Gasteiger partial charge is 0.256 e. The number of carbonyl (C=O) groups is 1. The quantitative estimate of drug-likeness (QED) is 0.885. The highest BCUT2D eigenvalue weighted by Gasteiger charge is 2.28. The van der Waals surface area contributed by atoms with E-state index in [-0.39, 0.29) is 12.5 Å². The third-order valence-electron chi connectivity index (χ3n) is 3.58. The van der Waals surface area contributed by atoms with Crippen molar-refractivity contribution < 1.29 is 9.90 Å². The van der Waals surface area contributed by atoms with E-state index in [4.69, 9.17) is 11.6 Å². The summed E-state index contributed by atoms with van der Waals surface area (Å²) in [6.45, 7) is 3.49. The molecular formula is C15H17ClN2O2. The van der Waals surface area contributed by atoms with Gasteiger partial charge in [0.1, 0.15) is 5.15 Å². The Morgan fingerprint density at radius 1 is 1.35 bits per heavy atom.